The van der Waals surface area contributed by atoms with Crippen molar-refractivity contribution < 1.29 is 9.47 Å². The lowest BCUT2D eigenvalue weighted by Crippen LogP contribution is -2.33. The zero-order chi connectivity index (χ0) is 19.3. The Morgan fingerprint density at radius 2 is 1.82 bits per heavy atom. The van der Waals surface area contributed by atoms with Gasteiger partial charge in [-0.25, -0.2) is 0 Å². The number of nitrogens with one attached hydrogen (secondary N) is 1. The van der Waals surface area contributed by atoms with Crippen LogP contribution in [-0.4, -0.2) is 57.8 Å². The van der Waals surface area contributed by atoms with Crippen molar-refractivity contribution in [2.75, 3.05) is 46.9 Å². The molecule has 1 fully saturated rings. The molecule has 1 aromatic rings. The number of unbranched alkanes of at least 4 members (excludes halogenated alkanes) is 2. The lowest BCUT2D eigenvalue weighted by Gasteiger charge is -2.26. The van der Waals surface area contributed by atoms with Crippen LogP contribution in [-0.2, 0) is 6.42 Å². The highest BCUT2D eigenvalue weighted by atomic mass is 127. The fourth-order valence-electron chi connectivity index (χ4n) is 3.43. The molecule has 0 atom stereocenters. The van der Waals surface area contributed by atoms with Gasteiger partial charge in [-0.05, 0) is 69.4 Å². The minimum atomic E-state index is 0. The van der Waals surface area contributed by atoms with Gasteiger partial charge in [-0.3, -0.25) is 4.99 Å². The quantitative estimate of drug-likeness (QED) is 0.209. The number of ether oxygens (including phenoxy) is 2. The Morgan fingerprint density at radius 3 is 2.54 bits per heavy atom. The zero-order valence-corrected chi connectivity index (χ0v) is 19.7. The van der Waals surface area contributed by atoms with Gasteiger partial charge in [-0.15, -0.1) is 24.0 Å². The average Bonchev–Trinajstić information content (AvgIpc) is 2.71. The van der Waals surface area contributed by atoms with Crippen LogP contribution >= 0.6 is 24.0 Å². The number of methoxy groups -OCH3 is 2. The van der Waals surface area contributed by atoms with Gasteiger partial charge in [0.1, 0.15) is 0 Å². The van der Waals surface area contributed by atoms with Gasteiger partial charge in [0.2, 0.25) is 0 Å². The van der Waals surface area contributed by atoms with E-state index < -0.39 is 0 Å². The van der Waals surface area contributed by atoms with E-state index in [0.29, 0.717) is 5.96 Å². The molecule has 1 aliphatic heterocycles. The number of likely N-dealkylation sites (tertiary alicyclic amines) is 1. The molecule has 0 amide bonds. The summed E-state index contributed by atoms with van der Waals surface area (Å²) in [6, 6.07) is 5.96. The van der Waals surface area contributed by atoms with Crippen molar-refractivity contribution in [3.8, 4) is 11.5 Å². The number of benzene rings is 1. The number of halogens is 1. The number of rotatable bonds is 11. The van der Waals surface area contributed by atoms with E-state index in [1.807, 2.05) is 18.2 Å². The topological polar surface area (TPSA) is 72.1 Å². The molecule has 0 radical (unpaired) electrons. The first kappa shape index (κ1) is 24.8. The summed E-state index contributed by atoms with van der Waals surface area (Å²) in [5.41, 5.74) is 7.13. The summed E-state index contributed by atoms with van der Waals surface area (Å²) in [5, 5.41) is 3.19. The molecule has 1 aromatic carbocycles. The number of hydrogen-bond donors (Lipinski definition) is 2. The Kier molecular flexibility index (Phi) is 13.1. The molecule has 0 aromatic heterocycles. The Hall–Kier alpha value is -1.22. The van der Waals surface area contributed by atoms with Crippen molar-refractivity contribution in [3.63, 3.8) is 0 Å². The average molecular weight is 504 g/mol. The molecule has 0 bridgehead atoms. The fraction of sp³-hybridized carbons (Fsp3) is 0.667. The van der Waals surface area contributed by atoms with Crippen molar-refractivity contribution in [1.82, 2.24) is 10.2 Å². The molecule has 28 heavy (non-hydrogen) atoms. The van der Waals surface area contributed by atoms with Crippen LogP contribution in [0.4, 0.5) is 0 Å². The first-order valence-electron chi connectivity index (χ1n) is 10.2. The molecular weight excluding hydrogens is 467 g/mol. The zero-order valence-electron chi connectivity index (χ0n) is 17.4. The van der Waals surface area contributed by atoms with E-state index in [4.69, 9.17) is 15.2 Å². The predicted molar refractivity (Wildman–Crippen MR) is 127 cm³/mol. The van der Waals surface area contributed by atoms with Gasteiger partial charge in [0, 0.05) is 13.1 Å². The number of nitrogens with two attached hydrogens (primary N) is 1. The van der Waals surface area contributed by atoms with Crippen molar-refractivity contribution in [2.24, 2.45) is 10.7 Å². The third kappa shape index (κ3) is 9.32. The van der Waals surface area contributed by atoms with Gasteiger partial charge >= 0.3 is 0 Å². The molecule has 2 rings (SSSR count). The van der Waals surface area contributed by atoms with Crippen LogP contribution in [0, 0.1) is 0 Å². The van der Waals surface area contributed by atoms with Gasteiger partial charge in [-0.1, -0.05) is 18.9 Å². The molecule has 6 nitrogen and oxygen atoms in total. The van der Waals surface area contributed by atoms with Crippen LogP contribution in [0.1, 0.15) is 44.1 Å². The first-order chi connectivity index (χ1) is 13.2. The normalized spacial score (nSPS) is 15.0. The van der Waals surface area contributed by atoms with Crippen LogP contribution in [0.15, 0.2) is 23.2 Å². The van der Waals surface area contributed by atoms with Gasteiger partial charge < -0.3 is 25.4 Å². The van der Waals surface area contributed by atoms with E-state index in [1.165, 1.54) is 57.3 Å². The molecule has 1 aliphatic rings. The van der Waals surface area contributed by atoms with Gasteiger partial charge in [0.25, 0.3) is 0 Å². The van der Waals surface area contributed by atoms with Crippen molar-refractivity contribution in [2.45, 2.75) is 44.9 Å². The molecule has 1 heterocycles. The van der Waals surface area contributed by atoms with E-state index >= 15 is 0 Å². The fourth-order valence-corrected chi connectivity index (χ4v) is 3.43. The van der Waals surface area contributed by atoms with Crippen LogP contribution < -0.4 is 20.5 Å². The Balaban J connectivity index is 0.00000392. The highest BCUT2D eigenvalue weighted by Crippen LogP contribution is 2.27. The van der Waals surface area contributed by atoms with E-state index in [-0.39, 0.29) is 24.0 Å². The minimum absolute atomic E-state index is 0. The summed E-state index contributed by atoms with van der Waals surface area (Å²) >= 11 is 0. The summed E-state index contributed by atoms with van der Waals surface area (Å²) in [6.45, 7) is 5.36. The summed E-state index contributed by atoms with van der Waals surface area (Å²) in [5.74, 6) is 2.03. The summed E-state index contributed by atoms with van der Waals surface area (Å²) in [7, 11) is 3.29. The number of nitrogens with zero attached hydrogens (tertiary/aromatic N) is 2. The molecule has 7 heteroatoms. The molecule has 0 spiro atoms. The smallest absolute Gasteiger partial charge is 0.188 e. The number of piperidine rings is 1. The van der Waals surface area contributed by atoms with E-state index in [1.54, 1.807) is 14.2 Å². The third-order valence-electron chi connectivity index (χ3n) is 5.03. The summed E-state index contributed by atoms with van der Waals surface area (Å²) < 4.78 is 10.6. The monoisotopic (exact) mass is 504 g/mol. The third-order valence-corrected chi connectivity index (χ3v) is 5.03. The molecule has 1 saturated heterocycles. The number of guanidine groups is 1. The van der Waals surface area contributed by atoms with Crippen LogP contribution in [0.3, 0.4) is 0 Å². The molecule has 160 valence electrons. The predicted octanol–water partition coefficient (Wildman–Crippen LogP) is 3.42. The SMILES string of the molecule is COc1ccc(CCNC(N)=NCCCCCN2CCCCC2)cc1OC.I. The van der Waals surface area contributed by atoms with Crippen molar-refractivity contribution >= 4 is 29.9 Å². The number of hydrogen-bond acceptors (Lipinski definition) is 4. The van der Waals surface area contributed by atoms with Crippen LogP contribution in [0.25, 0.3) is 0 Å². The molecule has 0 aliphatic carbocycles. The Labute approximate surface area is 187 Å². The highest BCUT2D eigenvalue weighted by molar-refractivity contribution is 14.0. The second-order valence-corrected chi connectivity index (χ2v) is 7.10. The van der Waals surface area contributed by atoms with Crippen molar-refractivity contribution in [3.05, 3.63) is 23.8 Å². The van der Waals surface area contributed by atoms with Gasteiger partial charge in [0.15, 0.2) is 17.5 Å². The molecule has 3 N–H and O–H groups in total. The van der Waals surface area contributed by atoms with Crippen molar-refractivity contribution in [1.29, 1.82) is 0 Å². The maximum Gasteiger partial charge on any atom is 0.188 e. The lowest BCUT2D eigenvalue weighted by molar-refractivity contribution is 0.224. The highest BCUT2D eigenvalue weighted by Gasteiger charge is 2.08. The first-order valence-corrected chi connectivity index (χ1v) is 10.2. The van der Waals surface area contributed by atoms with E-state index in [2.05, 4.69) is 15.2 Å². The Morgan fingerprint density at radius 1 is 1.07 bits per heavy atom. The van der Waals surface area contributed by atoms with Crippen LogP contribution in [0.2, 0.25) is 0 Å². The van der Waals surface area contributed by atoms with Gasteiger partial charge in [-0.2, -0.15) is 0 Å². The second kappa shape index (κ2) is 14.7. The standard InChI is InChI=1S/C21H36N4O2.HI/c1-26-19-10-9-18(17-20(19)27-2)11-13-24-21(22)23-12-5-3-6-14-25-15-7-4-8-16-25;/h9-10,17H,3-8,11-16H2,1-2H3,(H3,22,23,24);1H. The maximum atomic E-state index is 5.96. The Bertz CT molecular complexity index is 578. The maximum absolute atomic E-state index is 5.96. The number of aliphatic imine (C=N–C) groups is 1. The van der Waals surface area contributed by atoms with Gasteiger partial charge in [0.05, 0.1) is 14.2 Å². The lowest BCUT2D eigenvalue weighted by atomic mass is 10.1. The van der Waals surface area contributed by atoms with Crippen LogP contribution in [0.5, 0.6) is 11.5 Å². The van der Waals surface area contributed by atoms with E-state index in [9.17, 15) is 0 Å². The minimum Gasteiger partial charge on any atom is -0.493 e. The molecule has 0 saturated carbocycles. The molecule has 0 unspecified atom stereocenters. The summed E-state index contributed by atoms with van der Waals surface area (Å²) in [6.07, 6.45) is 8.59. The summed E-state index contributed by atoms with van der Waals surface area (Å²) in [4.78, 5) is 7.02. The van der Waals surface area contributed by atoms with E-state index in [0.717, 1.165) is 37.4 Å². The largest absolute Gasteiger partial charge is 0.493 e. The second-order valence-electron chi connectivity index (χ2n) is 7.10. The molecular formula is C21H37IN4O2.